The summed E-state index contributed by atoms with van der Waals surface area (Å²) in [5, 5.41) is 5.69. The first-order valence-electron chi connectivity index (χ1n) is 9.33. The summed E-state index contributed by atoms with van der Waals surface area (Å²) in [4.78, 5) is 26.8. The van der Waals surface area contributed by atoms with Crippen LogP contribution in [-0.2, 0) is 11.3 Å². The van der Waals surface area contributed by atoms with Gasteiger partial charge in [0.2, 0.25) is 0 Å². The van der Waals surface area contributed by atoms with Crippen molar-refractivity contribution >= 4 is 23.2 Å². The van der Waals surface area contributed by atoms with E-state index in [1.165, 1.54) is 12.8 Å². The molecule has 1 saturated heterocycles. The van der Waals surface area contributed by atoms with Gasteiger partial charge in [-0.25, -0.2) is 0 Å². The Hall–Kier alpha value is -2.86. The van der Waals surface area contributed by atoms with E-state index in [0.29, 0.717) is 22.7 Å². The minimum atomic E-state index is -0.517. The van der Waals surface area contributed by atoms with Crippen LogP contribution in [-0.4, -0.2) is 35.9 Å². The van der Waals surface area contributed by atoms with Crippen LogP contribution in [0.4, 0.5) is 11.4 Å². The Kier molecular flexibility index (Phi) is 4.81. The molecule has 1 unspecified atom stereocenters. The number of amides is 2. The number of hydrogen-bond acceptors (Lipinski definition) is 4. The minimum Gasteiger partial charge on any atom is -0.479 e. The van der Waals surface area contributed by atoms with Crippen LogP contribution < -0.4 is 15.4 Å². The normalized spacial score (nSPS) is 19.1. The highest BCUT2D eigenvalue weighted by atomic mass is 16.5. The molecule has 1 fully saturated rings. The third-order valence-corrected chi connectivity index (χ3v) is 4.96. The average Bonchev–Trinajstić information content (AvgIpc) is 3.16. The molecular weight excluding hydrogens is 342 g/mol. The fourth-order valence-electron chi connectivity index (χ4n) is 3.50. The largest absolute Gasteiger partial charge is 0.479 e. The fourth-order valence-corrected chi connectivity index (χ4v) is 3.50. The molecule has 2 N–H and O–H groups in total. The molecule has 27 heavy (non-hydrogen) atoms. The Labute approximate surface area is 158 Å². The molecule has 2 aromatic rings. The first-order valence-corrected chi connectivity index (χ1v) is 9.33. The van der Waals surface area contributed by atoms with Crippen molar-refractivity contribution in [3.05, 3.63) is 53.6 Å². The summed E-state index contributed by atoms with van der Waals surface area (Å²) in [5.74, 6) is 0.239. The highest BCUT2D eigenvalue weighted by Gasteiger charge is 2.23. The monoisotopic (exact) mass is 365 g/mol. The molecule has 0 radical (unpaired) electrons. The van der Waals surface area contributed by atoms with Crippen molar-refractivity contribution in [2.75, 3.05) is 23.7 Å². The molecule has 4 rings (SSSR count). The molecule has 6 nitrogen and oxygen atoms in total. The molecule has 1 atom stereocenters. The van der Waals surface area contributed by atoms with Gasteiger partial charge in [0.1, 0.15) is 5.75 Å². The van der Waals surface area contributed by atoms with Crippen molar-refractivity contribution in [1.29, 1.82) is 0 Å². The molecule has 2 heterocycles. The van der Waals surface area contributed by atoms with Crippen LogP contribution in [0.1, 0.15) is 35.7 Å². The van der Waals surface area contributed by atoms with Crippen molar-refractivity contribution in [3.8, 4) is 5.75 Å². The van der Waals surface area contributed by atoms with Gasteiger partial charge in [-0.3, -0.25) is 14.5 Å². The number of anilines is 2. The minimum absolute atomic E-state index is 0.172. The third kappa shape index (κ3) is 3.95. The van der Waals surface area contributed by atoms with Gasteiger partial charge in [-0.05, 0) is 68.8 Å². The SMILES string of the molecule is CC1Oc2ccc(NC(=O)c3cccc(CN4CCCC4)c3)cc2NC1=O. The number of nitrogens with zero attached hydrogens (tertiary/aromatic N) is 1. The van der Waals surface area contributed by atoms with E-state index in [1.54, 1.807) is 25.1 Å². The van der Waals surface area contributed by atoms with Crippen LogP contribution in [0.2, 0.25) is 0 Å². The Bertz CT molecular complexity index is 875. The summed E-state index contributed by atoms with van der Waals surface area (Å²) in [6.45, 7) is 4.82. The number of hydrogen-bond donors (Lipinski definition) is 2. The van der Waals surface area contributed by atoms with Crippen molar-refractivity contribution < 1.29 is 14.3 Å². The highest BCUT2D eigenvalue weighted by molar-refractivity contribution is 6.05. The molecule has 0 saturated carbocycles. The number of carbonyl (C=O) groups is 2. The van der Waals surface area contributed by atoms with Crippen molar-refractivity contribution in [2.45, 2.75) is 32.4 Å². The van der Waals surface area contributed by atoms with Gasteiger partial charge in [-0.15, -0.1) is 0 Å². The van der Waals surface area contributed by atoms with Crippen LogP contribution >= 0.6 is 0 Å². The summed E-state index contributed by atoms with van der Waals surface area (Å²) in [6.07, 6.45) is 1.98. The Morgan fingerprint density at radius 3 is 2.85 bits per heavy atom. The van der Waals surface area contributed by atoms with E-state index in [0.717, 1.165) is 25.2 Å². The van der Waals surface area contributed by atoms with Crippen molar-refractivity contribution in [1.82, 2.24) is 4.90 Å². The number of ether oxygens (including phenoxy) is 1. The predicted molar refractivity (Wildman–Crippen MR) is 104 cm³/mol. The molecule has 140 valence electrons. The zero-order valence-corrected chi connectivity index (χ0v) is 15.3. The fraction of sp³-hybridized carbons (Fsp3) is 0.333. The Morgan fingerprint density at radius 1 is 1.22 bits per heavy atom. The molecule has 2 aliphatic heterocycles. The van der Waals surface area contributed by atoms with Crippen LogP contribution in [0, 0.1) is 0 Å². The van der Waals surface area contributed by atoms with Crippen LogP contribution in [0.15, 0.2) is 42.5 Å². The lowest BCUT2D eigenvalue weighted by molar-refractivity contribution is -0.122. The second kappa shape index (κ2) is 7.40. The number of likely N-dealkylation sites (tertiary alicyclic amines) is 1. The van der Waals surface area contributed by atoms with E-state index in [1.807, 2.05) is 18.2 Å². The van der Waals surface area contributed by atoms with Crippen molar-refractivity contribution in [2.24, 2.45) is 0 Å². The van der Waals surface area contributed by atoms with Crippen LogP contribution in [0.3, 0.4) is 0 Å². The third-order valence-electron chi connectivity index (χ3n) is 4.96. The molecule has 0 spiro atoms. The zero-order chi connectivity index (χ0) is 18.8. The van der Waals surface area contributed by atoms with Gasteiger partial charge in [0.25, 0.3) is 11.8 Å². The molecule has 0 bridgehead atoms. The van der Waals surface area contributed by atoms with Crippen LogP contribution in [0.5, 0.6) is 5.75 Å². The van der Waals surface area contributed by atoms with E-state index in [9.17, 15) is 9.59 Å². The molecule has 6 heteroatoms. The van der Waals surface area contributed by atoms with Crippen molar-refractivity contribution in [3.63, 3.8) is 0 Å². The first-order chi connectivity index (χ1) is 13.1. The van der Waals surface area contributed by atoms with Gasteiger partial charge in [0.15, 0.2) is 6.10 Å². The molecule has 0 aliphatic carbocycles. The number of rotatable bonds is 4. The quantitative estimate of drug-likeness (QED) is 0.873. The topological polar surface area (TPSA) is 70.7 Å². The maximum absolute atomic E-state index is 12.6. The molecule has 2 amide bonds. The summed E-state index contributed by atoms with van der Waals surface area (Å²) in [7, 11) is 0. The number of fused-ring (bicyclic) bond motifs is 1. The van der Waals surface area contributed by atoms with E-state index in [2.05, 4.69) is 21.6 Å². The number of nitrogens with one attached hydrogen (secondary N) is 2. The van der Waals surface area contributed by atoms with Gasteiger partial charge >= 0.3 is 0 Å². The summed E-state index contributed by atoms with van der Waals surface area (Å²) >= 11 is 0. The molecular formula is C21H23N3O3. The van der Waals surface area contributed by atoms with Gasteiger partial charge in [0, 0.05) is 17.8 Å². The van der Waals surface area contributed by atoms with Gasteiger partial charge in [0.05, 0.1) is 5.69 Å². The maximum atomic E-state index is 12.6. The summed E-state index contributed by atoms with van der Waals surface area (Å²) in [6, 6.07) is 13.0. The van der Waals surface area contributed by atoms with E-state index in [4.69, 9.17) is 4.74 Å². The number of benzene rings is 2. The van der Waals surface area contributed by atoms with Crippen LogP contribution in [0.25, 0.3) is 0 Å². The number of carbonyl (C=O) groups excluding carboxylic acids is 2. The summed E-state index contributed by atoms with van der Waals surface area (Å²) in [5.41, 5.74) is 2.95. The van der Waals surface area contributed by atoms with E-state index >= 15 is 0 Å². The summed E-state index contributed by atoms with van der Waals surface area (Å²) < 4.78 is 5.54. The molecule has 0 aromatic heterocycles. The molecule has 2 aromatic carbocycles. The highest BCUT2D eigenvalue weighted by Crippen LogP contribution is 2.32. The van der Waals surface area contributed by atoms with Gasteiger partial charge in [-0.1, -0.05) is 12.1 Å². The predicted octanol–water partition coefficient (Wildman–Crippen LogP) is 3.25. The Balaban J connectivity index is 1.46. The Morgan fingerprint density at radius 2 is 2.04 bits per heavy atom. The maximum Gasteiger partial charge on any atom is 0.265 e. The standard InChI is InChI=1S/C21H23N3O3/c1-14-20(25)23-18-12-17(7-8-19(18)27-14)22-21(26)16-6-4-5-15(11-16)13-24-9-2-3-10-24/h4-8,11-12,14H,2-3,9-10,13H2,1H3,(H,22,26)(H,23,25). The van der Waals surface area contributed by atoms with E-state index < -0.39 is 6.10 Å². The van der Waals surface area contributed by atoms with Gasteiger partial charge in [-0.2, -0.15) is 0 Å². The zero-order valence-electron chi connectivity index (χ0n) is 15.3. The van der Waals surface area contributed by atoms with E-state index in [-0.39, 0.29) is 11.8 Å². The second-order valence-electron chi connectivity index (χ2n) is 7.10. The lowest BCUT2D eigenvalue weighted by Gasteiger charge is -2.23. The average molecular weight is 365 g/mol. The molecule has 2 aliphatic rings. The van der Waals surface area contributed by atoms with Gasteiger partial charge < -0.3 is 15.4 Å². The lowest BCUT2D eigenvalue weighted by atomic mass is 10.1. The smallest absolute Gasteiger partial charge is 0.265 e. The second-order valence-corrected chi connectivity index (χ2v) is 7.10. The lowest BCUT2D eigenvalue weighted by Crippen LogP contribution is -2.34. The first kappa shape index (κ1) is 17.5.